The molecule has 35 heavy (non-hydrogen) atoms. The standard InChI is InChI=1S/C21H19N7O5S2/c1-33-25-16(13-9-34-21(22)23-13)18(30)24-19-12(8-26-7-11-4-2-3-5-27(11)10-26)17(20(31)32)28-14(29)6-15(28)35-19/h2-5,7,9-10,15,19H,6,8H2,1H3,(H3-,22,23,24,30,31,32)/p+1/t15-,19?/m0/s1. The van der Waals surface area contributed by atoms with Crippen molar-refractivity contribution in [2.75, 3.05) is 12.8 Å². The molecule has 2 aliphatic rings. The molecular formula is C21H20N7O5S2+. The number of nitrogens with one attached hydrogen (secondary N) is 1. The zero-order chi connectivity index (χ0) is 24.7. The third-order valence-electron chi connectivity index (χ3n) is 5.53. The quantitative estimate of drug-likeness (QED) is 0.177. The maximum atomic E-state index is 13.2. The fourth-order valence-corrected chi connectivity index (χ4v) is 5.98. The number of carbonyl (C=O) groups is 3. The summed E-state index contributed by atoms with van der Waals surface area (Å²) in [6.45, 7) is 0.137. The minimum Gasteiger partial charge on any atom is -0.477 e. The Morgan fingerprint density at radius 2 is 2.26 bits per heavy atom. The number of imidazole rings is 1. The van der Waals surface area contributed by atoms with E-state index in [4.69, 9.17) is 10.6 Å². The fourth-order valence-electron chi connectivity index (χ4n) is 4.01. The Morgan fingerprint density at radius 1 is 1.43 bits per heavy atom. The number of pyridine rings is 1. The number of hydrogen-bond donors (Lipinski definition) is 3. The van der Waals surface area contributed by atoms with E-state index in [0.717, 1.165) is 16.9 Å². The van der Waals surface area contributed by atoms with Crippen molar-refractivity contribution < 1.29 is 28.9 Å². The number of β-lactam (4-membered cyclic amide) rings is 1. The average molecular weight is 515 g/mol. The molecule has 12 nitrogen and oxygen atoms in total. The molecule has 2 amide bonds. The van der Waals surface area contributed by atoms with E-state index < -0.39 is 22.6 Å². The first kappa shape index (κ1) is 22.9. The maximum Gasteiger partial charge on any atom is 0.352 e. The topological polar surface area (TPSA) is 156 Å². The second kappa shape index (κ2) is 9.03. The molecule has 5 rings (SSSR count). The van der Waals surface area contributed by atoms with Gasteiger partial charge in [0.05, 0.1) is 18.0 Å². The number of nitrogens with zero attached hydrogens (tertiary/aromatic N) is 5. The zero-order valence-electron chi connectivity index (χ0n) is 18.3. The summed E-state index contributed by atoms with van der Waals surface area (Å²) in [5.41, 5.74) is 7.01. The molecule has 0 aliphatic carbocycles. The van der Waals surface area contributed by atoms with Gasteiger partial charge in [0.25, 0.3) is 5.91 Å². The lowest BCUT2D eigenvalue weighted by atomic mass is 10.1. The lowest BCUT2D eigenvalue weighted by Gasteiger charge is -2.46. The molecular weight excluding hydrogens is 494 g/mol. The summed E-state index contributed by atoms with van der Waals surface area (Å²) in [6.07, 6.45) is 5.72. The molecule has 0 bridgehead atoms. The number of oxime groups is 1. The number of fused-ring (bicyclic) bond motifs is 2. The van der Waals surface area contributed by atoms with Crippen molar-refractivity contribution >= 4 is 57.2 Å². The van der Waals surface area contributed by atoms with Gasteiger partial charge in [0.1, 0.15) is 36.6 Å². The Hall–Kier alpha value is -3.91. The minimum atomic E-state index is -1.24. The van der Waals surface area contributed by atoms with E-state index in [1.807, 2.05) is 45.9 Å². The predicted octanol–water partition coefficient (Wildman–Crippen LogP) is 0.402. The molecule has 0 aromatic carbocycles. The number of aromatic nitrogens is 3. The SMILES string of the molecule is CON=C(C(=O)NC1S[C@H]2CC(=O)N2C(C(=O)O)=C1C[n+]1cc2ccccn2c1)c1csc(N)n1. The molecule has 1 fully saturated rings. The third kappa shape index (κ3) is 4.21. The molecule has 180 valence electrons. The summed E-state index contributed by atoms with van der Waals surface area (Å²) in [4.78, 5) is 48.0. The van der Waals surface area contributed by atoms with Gasteiger partial charge in [0.2, 0.25) is 12.2 Å². The summed E-state index contributed by atoms with van der Waals surface area (Å²) in [5.74, 6) is -2.11. The van der Waals surface area contributed by atoms with Crippen LogP contribution in [0.3, 0.4) is 0 Å². The van der Waals surface area contributed by atoms with Crippen molar-refractivity contribution in [3.05, 3.63) is 59.3 Å². The number of carboxylic acid groups (broad SMARTS) is 1. The van der Waals surface area contributed by atoms with Crippen LogP contribution in [0.15, 0.2) is 58.7 Å². The number of amides is 2. The van der Waals surface area contributed by atoms with Gasteiger partial charge in [-0.05, 0) is 12.1 Å². The number of rotatable bonds is 7. The Labute approximate surface area is 206 Å². The van der Waals surface area contributed by atoms with Gasteiger partial charge in [-0.25, -0.2) is 18.7 Å². The highest BCUT2D eigenvalue weighted by Gasteiger charge is 2.49. The molecule has 5 heterocycles. The average Bonchev–Trinajstić information content (AvgIpc) is 3.43. The second-order valence-electron chi connectivity index (χ2n) is 7.73. The van der Waals surface area contributed by atoms with Crippen LogP contribution in [0.1, 0.15) is 12.1 Å². The molecule has 0 radical (unpaired) electrons. The number of hydrogen-bond acceptors (Lipinski definition) is 9. The number of anilines is 1. The fraction of sp³-hybridized carbons (Fsp3) is 0.238. The van der Waals surface area contributed by atoms with Crippen LogP contribution < -0.4 is 15.6 Å². The minimum absolute atomic E-state index is 0.0911. The lowest BCUT2D eigenvalue weighted by Crippen LogP contribution is -2.58. The van der Waals surface area contributed by atoms with Crippen molar-refractivity contribution in [2.45, 2.75) is 23.7 Å². The first-order valence-corrected chi connectivity index (χ1v) is 12.2. The monoisotopic (exact) mass is 514 g/mol. The van der Waals surface area contributed by atoms with Crippen molar-refractivity contribution in [3.8, 4) is 0 Å². The highest BCUT2D eigenvalue weighted by Crippen LogP contribution is 2.43. The van der Waals surface area contributed by atoms with Gasteiger partial charge < -0.3 is 21.0 Å². The number of thiazole rings is 1. The molecule has 3 aromatic rings. The van der Waals surface area contributed by atoms with E-state index in [9.17, 15) is 19.5 Å². The lowest BCUT2D eigenvalue weighted by molar-refractivity contribution is -0.687. The number of thioether (sulfide) groups is 1. The normalized spacial score (nSPS) is 20.0. The summed E-state index contributed by atoms with van der Waals surface area (Å²) in [6, 6.07) is 5.69. The summed E-state index contributed by atoms with van der Waals surface area (Å²) in [7, 11) is 1.30. The molecule has 4 N–H and O–H groups in total. The van der Waals surface area contributed by atoms with E-state index in [1.165, 1.54) is 23.8 Å². The number of carbonyl (C=O) groups excluding carboxylic acids is 2. The van der Waals surface area contributed by atoms with E-state index >= 15 is 0 Å². The van der Waals surface area contributed by atoms with Gasteiger partial charge in [-0.15, -0.1) is 23.1 Å². The molecule has 1 saturated heterocycles. The number of nitrogens with two attached hydrogens (primary N) is 1. The largest absolute Gasteiger partial charge is 0.477 e. The van der Waals surface area contributed by atoms with E-state index in [2.05, 4.69) is 15.5 Å². The van der Waals surface area contributed by atoms with E-state index in [0.29, 0.717) is 5.57 Å². The van der Waals surface area contributed by atoms with Crippen LogP contribution in [0.2, 0.25) is 0 Å². The van der Waals surface area contributed by atoms with Crippen LogP contribution in [0.5, 0.6) is 0 Å². The maximum absolute atomic E-state index is 13.2. The van der Waals surface area contributed by atoms with Crippen molar-refractivity contribution in [1.82, 2.24) is 19.6 Å². The smallest absolute Gasteiger partial charge is 0.352 e. The summed E-state index contributed by atoms with van der Waals surface area (Å²) >= 11 is 2.45. The number of carboxylic acids is 1. The van der Waals surface area contributed by atoms with Crippen LogP contribution in [0.4, 0.5) is 5.13 Å². The Kier molecular flexibility index (Phi) is 5.90. The molecule has 1 unspecified atom stereocenters. The third-order valence-corrected chi connectivity index (χ3v) is 7.57. The zero-order valence-corrected chi connectivity index (χ0v) is 20.0. The highest BCUT2D eigenvalue weighted by molar-refractivity contribution is 8.00. The van der Waals surface area contributed by atoms with Gasteiger partial charge in [0.15, 0.2) is 16.4 Å². The highest BCUT2D eigenvalue weighted by atomic mass is 32.2. The molecule has 2 aliphatic heterocycles. The number of nitrogen functional groups attached to an aromatic ring is 1. The second-order valence-corrected chi connectivity index (χ2v) is 9.91. The van der Waals surface area contributed by atoms with Gasteiger partial charge in [-0.3, -0.25) is 14.5 Å². The van der Waals surface area contributed by atoms with Crippen LogP contribution in [-0.4, -0.2) is 60.7 Å². The number of aliphatic carboxylic acids is 1. The van der Waals surface area contributed by atoms with Crippen LogP contribution in [-0.2, 0) is 25.8 Å². The first-order valence-electron chi connectivity index (χ1n) is 10.4. The molecule has 0 spiro atoms. The van der Waals surface area contributed by atoms with Gasteiger partial charge in [-0.1, -0.05) is 11.2 Å². The van der Waals surface area contributed by atoms with E-state index in [-0.39, 0.29) is 41.1 Å². The van der Waals surface area contributed by atoms with Crippen molar-refractivity contribution in [1.29, 1.82) is 0 Å². The van der Waals surface area contributed by atoms with Gasteiger partial charge in [0, 0.05) is 11.0 Å². The van der Waals surface area contributed by atoms with Gasteiger partial charge >= 0.3 is 5.97 Å². The van der Waals surface area contributed by atoms with E-state index in [1.54, 1.807) is 5.38 Å². The summed E-state index contributed by atoms with van der Waals surface area (Å²) < 4.78 is 3.70. The van der Waals surface area contributed by atoms with Crippen LogP contribution >= 0.6 is 23.1 Å². The van der Waals surface area contributed by atoms with Crippen molar-refractivity contribution in [2.24, 2.45) is 5.16 Å². The molecule has 2 atom stereocenters. The Morgan fingerprint density at radius 3 is 2.91 bits per heavy atom. The molecule has 0 saturated carbocycles. The Bertz CT molecular complexity index is 1380. The van der Waals surface area contributed by atoms with Crippen molar-refractivity contribution in [3.63, 3.8) is 0 Å². The first-order chi connectivity index (χ1) is 16.9. The summed E-state index contributed by atoms with van der Waals surface area (Å²) in [5, 5.41) is 17.4. The van der Waals surface area contributed by atoms with Crippen LogP contribution in [0, 0.1) is 0 Å². The van der Waals surface area contributed by atoms with Gasteiger partial charge in [-0.2, -0.15) is 0 Å². The molecule has 3 aromatic heterocycles. The van der Waals surface area contributed by atoms with Crippen LogP contribution in [0.25, 0.3) is 5.52 Å². The Balaban J connectivity index is 1.52. The molecule has 14 heteroatoms. The predicted molar refractivity (Wildman–Crippen MR) is 127 cm³/mol.